The van der Waals surface area contributed by atoms with Gasteiger partial charge in [-0.1, -0.05) is 36.8 Å². The van der Waals surface area contributed by atoms with Crippen molar-refractivity contribution in [1.82, 2.24) is 10.3 Å². The Balaban J connectivity index is 1.80. The van der Waals surface area contributed by atoms with E-state index in [1.165, 1.54) is 0 Å². The molecular formula is C16H21N3OS. The van der Waals surface area contributed by atoms with Crippen molar-refractivity contribution in [2.24, 2.45) is 5.41 Å². The standard InChI is InChI=1S/C16H21N3OS/c1-2-8-16(9-5-10-17-11-16)14(20)19-15-18-12-6-3-4-7-13(12)21-15/h3-4,6-7,17H,2,5,8-11H2,1H3,(H,18,19,20). The summed E-state index contributed by atoms with van der Waals surface area (Å²) in [7, 11) is 0. The van der Waals surface area contributed by atoms with Gasteiger partial charge in [0.05, 0.1) is 15.6 Å². The van der Waals surface area contributed by atoms with Crippen LogP contribution in [0.15, 0.2) is 24.3 Å². The summed E-state index contributed by atoms with van der Waals surface area (Å²) in [5.74, 6) is 0.121. The van der Waals surface area contributed by atoms with E-state index in [1.54, 1.807) is 11.3 Å². The molecule has 1 saturated heterocycles. The number of carbonyl (C=O) groups excluding carboxylic acids is 1. The number of benzene rings is 1. The number of thiazole rings is 1. The van der Waals surface area contributed by atoms with Crippen LogP contribution in [0.4, 0.5) is 5.13 Å². The Bertz CT molecular complexity index is 593. The predicted molar refractivity (Wildman–Crippen MR) is 87.7 cm³/mol. The fraction of sp³-hybridized carbons (Fsp3) is 0.500. The summed E-state index contributed by atoms with van der Waals surface area (Å²) in [6.45, 7) is 3.93. The third-order valence-electron chi connectivity index (χ3n) is 4.20. The highest BCUT2D eigenvalue weighted by Gasteiger charge is 2.38. The van der Waals surface area contributed by atoms with E-state index < -0.39 is 0 Å². The average Bonchev–Trinajstić information content (AvgIpc) is 2.90. The van der Waals surface area contributed by atoms with Gasteiger partial charge in [0.1, 0.15) is 0 Å². The monoisotopic (exact) mass is 303 g/mol. The molecule has 2 heterocycles. The zero-order valence-electron chi connectivity index (χ0n) is 12.3. The number of aromatic nitrogens is 1. The molecular weight excluding hydrogens is 282 g/mol. The Labute approximate surface area is 129 Å². The van der Waals surface area contributed by atoms with Gasteiger partial charge in [0.25, 0.3) is 0 Å². The topological polar surface area (TPSA) is 54.0 Å². The number of carbonyl (C=O) groups is 1. The highest BCUT2D eigenvalue weighted by Crippen LogP contribution is 2.34. The van der Waals surface area contributed by atoms with Gasteiger partial charge in [-0.2, -0.15) is 0 Å². The number of amides is 1. The van der Waals surface area contributed by atoms with E-state index >= 15 is 0 Å². The van der Waals surface area contributed by atoms with Crippen LogP contribution in [0.25, 0.3) is 10.2 Å². The number of nitrogens with zero attached hydrogens (tertiary/aromatic N) is 1. The molecule has 112 valence electrons. The van der Waals surface area contributed by atoms with Gasteiger partial charge in [0.15, 0.2) is 5.13 Å². The van der Waals surface area contributed by atoms with E-state index in [1.807, 2.05) is 24.3 Å². The van der Waals surface area contributed by atoms with Crippen LogP contribution in [-0.2, 0) is 4.79 Å². The Hall–Kier alpha value is -1.46. The smallest absolute Gasteiger partial charge is 0.233 e. The maximum Gasteiger partial charge on any atom is 0.233 e. The number of para-hydroxylation sites is 1. The molecule has 1 aliphatic rings. The second-order valence-corrected chi connectivity index (χ2v) is 6.78. The maximum atomic E-state index is 12.8. The fourth-order valence-electron chi connectivity index (χ4n) is 3.12. The number of piperidine rings is 1. The molecule has 1 unspecified atom stereocenters. The van der Waals surface area contributed by atoms with Crippen LogP contribution < -0.4 is 10.6 Å². The number of hydrogen-bond acceptors (Lipinski definition) is 4. The van der Waals surface area contributed by atoms with Crippen molar-refractivity contribution in [3.8, 4) is 0 Å². The van der Waals surface area contributed by atoms with Crippen LogP contribution >= 0.6 is 11.3 Å². The van der Waals surface area contributed by atoms with Crippen LogP contribution in [0.2, 0.25) is 0 Å². The van der Waals surface area contributed by atoms with E-state index in [-0.39, 0.29) is 11.3 Å². The SMILES string of the molecule is CCCC1(C(=O)Nc2nc3ccccc3s2)CCCNC1. The second-order valence-electron chi connectivity index (χ2n) is 5.75. The van der Waals surface area contributed by atoms with Gasteiger partial charge in [0, 0.05) is 6.54 Å². The van der Waals surface area contributed by atoms with Crippen molar-refractivity contribution in [3.63, 3.8) is 0 Å². The Morgan fingerprint density at radius 3 is 3.05 bits per heavy atom. The van der Waals surface area contributed by atoms with Crippen LogP contribution in [0.1, 0.15) is 32.6 Å². The first-order valence-electron chi connectivity index (χ1n) is 7.61. The summed E-state index contributed by atoms with van der Waals surface area (Å²) in [6.07, 6.45) is 3.98. The third-order valence-corrected chi connectivity index (χ3v) is 5.15. The lowest BCUT2D eigenvalue weighted by Crippen LogP contribution is -2.48. The molecule has 2 aromatic rings. The van der Waals surface area contributed by atoms with E-state index in [9.17, 15) is 4.79 Å². The first-order valence-corrected chi connectivity index (χ1v) is 8.43. The van der Waals surface area contributed by atoms with Crippen molar-refractivity contribution < 1.29 is 4.79 Å². The van der Waals surface area contributed by atoms with Gasteiger partial charge in [-0.15, -0.1) is 0 Å². The summed E-state index contributed by atoms with van der Waals surface area (Å²) in [5.41, 5.74) is 0.675. The molecule has 0 radical (unpaired) electrons. The number of anilines is 1. The number of nitrogens with one attached hydrogen (secondary N) is 2. The first-order chi connectivity index (χ1) is 10.2. The highest BCUT2D eigenvalue weighted by molar-refractivity contribution is 7.22. The largest absolute Gasteiger partial charge is 0.316 e. The average molecular weight is 303 g/mol. The van der Waals surface area contributed by atoms with Crippen LogP contribution in [0, 0.1) is 5.41 Å². The molecule has 2 N–H and O–H groups in total. The molecule has 3 rings (SSSR count). The van der Waals surface area contributed by atoms with Crippen LogP contribution in [-0.4, -0.2) is 24.0 Å². The van der Waals surface area contributed by atoms with E-state index in [4.69, 9.17) is 0 Å². The highest BCUT2D eigenvalue weighted by atomic mass is 32.1. The molecule has 0 spiro atoms. The molecule has 4 nitrogen and oxygen atoms in total. The van der Waals surface area contributed by atoms with Crippen LogP contribution in [0.5, 0.6) is 0 Å². The van der Waals surface area contributed by atoms with Gasteiger partial charge in [-0.05, 0) is 37.9 Å². The quantitative estimate of drug-likeness (QED) is 0.910. The summed E-state index contributed by atoms with van der Waals surface area (Å²) in [6, 6.07) is 7.98. The van der Waals surface area contributed by atoms with Gasteiger partial charge >= 0.3 is 0 Å². The molecule has 0 saturated carbocycles. The first kappa shape index (κ1) is 14.5. The number of hydrogen-bond donors (Lipinski definition) is 2. The summed E-state index contributed by atoms with van der Waals surface area (Å²) < 4.78 is 1.11. The van der Waals surface area contributed by atoms with Crippen molar-refractivity contribution in [3.05, 3.63) is 24.3 Å². The van der Waals surface area contributed by atoms with Crippen molar-refractivity contribution >= 4 is 32.6 Å². The molecule has 1 atom stereocenters. The fourth-order valence-corrected chi connectivity index (χ4v) is 3.98. The minimum atomic E-state index is -0.273. The molecule has 0 aliphatic carbocycles. The summed E-state index contributed by atoms with van der Waals surface area (Å²) in [5, 5.41) is 7.14. The van der Waals surface area contributed by atoms with Gasteiger partial charge in [0.2, 0.25) is 5.91 Å². The van der Waals surface area contributed by atoms with E-state index in [0.717, 1.165) is 49.0 Å². The maximum absolute atomic E-state index is 12.8. The lowest BCUT2D eigenvalue weighted by Gasteiger charge is -2.35. The molecule has 1 aromatic carbocycles. The number of fused-ring (bicyclic) bond motifs is 1. The molecule has 5 heteroatoms. The van der Waals surface area contributed by atoms with Gasteiger partial charge < -0.3 is 10.6 Å². The summed E-state index contributed by atoms with van der Waals surface area (Å²) in [4.78, 5) is 17.3. The normalized spacial score (nSPS) is 22.3. The zero-order valence-corrected chi connectivity index (χ0v) is 13.1. The van der Waals surface area contributed by atoms with E-state index in [2.05, 4.69) is 22.5 Å². The van der Waals surface area contributed by atoms with Crippen molar-refractivity contribution in [1.29, 1.82) is 0 Å². The van der Waals surface area contributed by atoms with Gasteiger partial charge in [-0.25, -0.2) is 4.98 Å². The molecule has 1 aromatic heterocycles. The second kappa shape index (κ2) is 6.12. The molecule has 21 heavy (non-hydrogen) atoms. The van der Waals surface area contributed by atoms with E-state index in [0.29, 0.717) is 5.13 Å². The molecule has 1 amide bonds. The molecule has 1 fully saturated rings. The van der Waals surface area contributed by atoms with Crippen molar-refractivity contribution in [2.45, 2.75) is 32.6 Å². The molecule has 0 bridgehead atoms. The Kier molecular flexibility index (Phi) is 4.22. The third kappa shape index (κ3) is 2.94. The van der Waals surface area contributed by atoms with Crippen LogP contribution in [0.3, 0.4) is 0 Å². The Morgan fingerprint density at radius 2 is 2.33 bits per heavy atom. The minimum absolute atomic E-state index is 0.121. The lowest BCUT2D eigenvalue weighted by molar-refractivity contribution is -0.127. The zero-order chi connectivity index (χ0) is 14.7. The minimum Gasteiger partial charge on any atom is -0.316 e. The Morgan fingerprint density at radius 1 is 1.48 bits per heavy atom. The number of rotatable bonds is 4. The summed E-state index contributed by atoms with van der Waals surface area (Å²) >= 11 is 1.54. The van der Waals surface area contributed by atoms with Gasteiger partial charge in [-0.3, -0.25) is 4.79 Å². The predicted octanol–water partition coefficient (Wildman–Crippen LogP) is 3.40. The van der Waals surface area contributed by atoms with Crippen molar-refractivity contribution in [2.75, 3.05) is 18.4 Å². The molecule has 1 aliphatic heterocycles. The lowest BCUT2D eigenvalue weighted by atomic mass is 9.76.